The van der Waals surface area contributed by atoms with Gasteiger partial charge in [0.2, 0.25) is 0 Å². The molecule has 0 aliphatic heterocycles. The molecule has 2 aromatic rings. The van der Waals surface area contributed by atoms with E-state index >= 15 is 0 Å². The van der Waals surface area contributed by atoms with E-state index in [0.29, 0.717) is 0 Å². The molecular formula is C11H10N2O2. The van der Waals surface area contributed by atoms with Crippen LogP contribution in [0.5, 0.6) is 0 Å². The molecule has 1 N–H and O–H groups in total. The Morgan fingerprint density at radius 3 is 3.20 bits per heavy atom. The summed E-state index contributed by atoms with van der Waals surface area (Å²) in [5.74, 6) is -0.359. The van der Waals surface area contributed by atoms with Crippen LogP contribution >= 0.6 is 0 Å². The minimum atomic E-state index is -0.359. The summed E-state index contributed by atoms with van der Waals surface area (Å²) >= 11 is 0. The van der Waals surface area contributed by atoms with Gasteiger partial charge in [0.05, 0.1) is 18.8 Å². The first kappa shape index (κ1) is 9.45. The second kappa shape index (κ2) is 3.96. The van der Waals surface area contributed by atoms with Crippen molar-refractivity contribution in [1.29, 1.82) is 0 Å². The smallest absolute Gasteiger partial charge is 0.330 e. The molecule has 0 spiro atoms. The standard InChI is InChI=1S/C11H10N2O2/c1-15-11(14)5-3-8-2-4-10-9(6-8)7-12-13-10/h2-7H,1H3,(H,12,13). The Hall–Kier alpha value is -2.10. The number of hydrogen-bond donors (Lipinski definition) is 1. The van der Waals surface area contributed by atoms with Crippen LogP contribution in [0.1, 0.15) is 5.56 Å². The fraction of sp³-hybridized carbons (Fsp3) is 0.0909. The number of ether oxygens (including phenoxy) is 1. The van der Waals surface area contributed by atoms with Gasteiger partial charge in [0.15, 0.2) is 0 Å². The highest BCUT2D eigenvalue weighted by Crippen LogP contribution is 2.13. The van der Waals surface area contributed by atoms with Crippen LogP contribution in [-0.2, 0) is 9.53 Å². The zero-order chi connectivity index (χ0) is 10.7. The van der Waals surface area contributed by atoms with E-state index in [1.807, 2.05) is 18.2 Å². The number of hydrogen-bond acceptors (Lipinski definition) is 3. The Kier molecular flexibility index (Phi) is 2.49. The molecule has 4 heteroatoms. The normalized spacial score (nSPS) is 11.0. The Bertz CT molecular complexity index is 514. The van der Waals surface area contributed by atoms with Crippen molar-refractivity contribution in [1.82, 2.24) is 10.2 Å². The summed E-state index contributed by atoms with van der Waals surface area (Å²) in [4.78, 5) is 10.9. The van der Waals surface area contributed by atoms with E-state index in [4.69, 9.17) is 0 Å². The summed E-state index contributed by atoms with van der Waals surface area (Å²) in [5.41, 5.74) is 1.92. The van der Waals surface area contributed by atoms with Gasteiger partial charge < -0.3 is 4.74 Å². The van der Waals surface area contributed by atoms with Crippen molar-refractivity contribution in [2.75, 3.05) is 7.11 Å². The number of carbonyl (C=O) groups excluding carboxylic acids is 1. The average Bonchev–Trinajstić information content (AvgIpc) is 2.72. The van der Waals surface area contributed by atoms with E-state index in [-0.39, 0.29) is 5.97 Å². The molecule has 0 bridgehead atoms. The second-order valence-electron chi connectivity index (χ2n) is 3.07. The highest BCUT2D eigenvalue weighted by Gasteiger charge is 1.96. The van der Waals surface area contributed by atoms with Gasteiger partial charge >= 0.3 is 5.97 Å². The van der Waals surface area contributed by atoms with Gasteiger partial charge in [-0.25, -0.2) is 4.79 Å². The van der Waals surface area contributed by atoms with Crippen LogP contribution in [0, 0.1) is 0 Å². The lowest BCUT2D eigenvalue weighted by atomic mass is 10.1. The molecule has 15 heavy (non-hydrogen) atoms. The SMILES string of the molecule is COC(=O)C=Cc1ccc2[nH]ncc2c1. The van der Waals surface area contributed by atoms with Gasteiger partial charge in [0.1, 0.15) is 0 Å². The number of methoxy groups -OCH3 is 1. The molecule has 0 saturated carbocycles. The third-order valence-corrected chi connectivity index (χ3v) is 2.08. The first-order valence-electron chi connectivity index (χ1n) is 4.49. The van der Waals surface area contributed by atoms with Gasteiger partial charge in [-0.1, -0.05) is 6.07 Å². The highest BCUT2D eigenvalue weighted by atomic mass is 16.5. The van der Waals surface area contributed by atoms with Gasteiger partial charge in [-0.15, -0.1) is 0 Å². The van der Waals surface area contributed by atoms with Gasteiger partial charge in [-0.2, -0.15) is 5.10 Å². The van der Waals surface area contributed by atoms with Gasteiger partial charge in [0, 0.05) is 11.5 Å². The number of nitrogens with one attached hydrogen (secondary N) is 1. The third-order valence-electron chi connectivity index (χ3n) is 2.08. The van der Waals surface area contributed by atoms with Crippen molar-refractivity contribution in [3.05, 3.63) is 36.0 Å². The van der Waals surface area contributed by atoms with Crippen molar-refractivity contribution in [3.8, 4) is 0 Å². The maximum Gasteiger partial charge on any atom is 0.330 e. The van der Waals surface area contributed by atoms with E-state index < -0.39 is 0 Å². The molecule has 0 unspecified atom stereocenters. The molecule has 0 aliphatic carbocycles. The maximum absolute atomic E-state index is 10.9. The summed E-state index contributed by atoms with van der Waals surface area (Å²) < 4.78 is 4.50. The maximum atomic E-state index is 10.9. The molecule has 4 nitrogen and oxygen atoms in total. The number of carbonyl (C=O) groups is 1. The largest absolute Gasteiger partial charge is 0.466 e. The first-order chi connectivity index (χ1) is 7.29. The number of aromatic amines is 1. The second-order valence-corrected chi connectivity index (χ2v) is 3.07. The van der Waals surface area contributed by atoms with E-state index in [0.717, 1.165) is 16.5 Å². The quantitative estimate of drug-likeness (QED) is 0.596. The summed E-state index contributed by atoms with van der Waals surface area (Å²) in [6, 6.07) is 5.76. The average molecular weight is 202 g/mol. The summed E-state index contributed by atoms with van der Waals surface area (Å²) in [5, 5.41) is 7.79. The van der Waals surface area contributed by atoms with Crippen LogP contribution < -0.4 is 0 Å². The van der Waals surface area contributed by atoms with E-state index in [2.05, 4.69) is 14.9 Å². The molecule has 2 rings (SSSR count). The van der Waals surface area contributed by atoms with Crippen molar-refractivity contribution < 1.29 is 9.53 Å². The Balaban J connectivity index is 2.28. The van der Waals surface area contributed by atoms with Crippen molar-refractivity contribution in [2.45, 2.75) is 0 Å². The van der Waals surface area contributed by atoms with Crippen molar-refractivity contribution in [2.24, 2.45) is 0 Å². The summed E-state index contributed by atoms with van der Waals surface area (Å²) in [6.45, 7) is 0. The molecule has 0 radical (unpaired) electrons. The molecule has 1 aromatic carbocycles. The lowest BCUT2D eigenvalue weighted by molar-refractivity contribution is -0.134. The minimum absolute atomic E-state index is 0.359. The summed E-state index contributed by atoms with van der Waals surface area (Å²) in [7, 11) is 1.35. The highest BCUT2D eigenvalue weighted by molar-refractivity contribution is 5.88. The Morgan fingerprint density at radius 2 is 2.40 bits per heavy atom. The molecule has 1 heterocycles. The van der Waals surface area contributed by atoms with Gasteiger partial charge in [-0.05, 0) is 23.8 Å². The zero-order valence-electron chi connectivity index (χ0n) is 8.23. The van der Waals surface area contributed by atoms with Crippen LogP contribution in [-0.4, -0.2) is 23.3 Å². The number of rotatable bonds is 2. The molecule has 0 atom stereocenters. The fourth-order valence-corrected chi connectivity index (χ4v) is 1.30. The van der Waals surface area contributed by atoms with E-state index in [1.165, 1.54) is 13.2 Å². The van der Waals surface area contributed by atoms with Gasteiger partial charge in [-0.3, -0.25) is 5.10 Å². The molecule has 76 valence electrons. The number of esters is 1. The van der Waals surface area contributed by atoms with Crippen LogP contribution in [0.3, 0.4) is 0 Å². The molecular weight excluding hydrogens is 192 g/mol. The number of nitrogens with zero attached hydrogens (tertiary/aromatic N) is 1. The van der Waals surface area contributed by atoms with Crippen LogP contribution in [0.15, 0.2) is 30.5 Å². The number of aromatic nitrogens is 2. The Morgan fingerprint density at radius 1 is 1.53 bits per heavy atom. The molecule has 0 fully saturated rings. The van der Waals surface area contributed by atoms with E-state index in [9.17, 15) is 4.79 Å². The van der Waals surface area contributed by atoms with Crippen molar-refractivity contribution in [3.63, 3.8) is 0 Å². The predicted molar refractivity (Wildman–Crippen MR) is 57.1 cm³/mol. The zero-order valence-corrected chi connectivity index (χ0v) is 8.23. The van der Waals surface area contributed by atoms with Gasteiger partial charge in [0.25, 0.3) is 0 Å². The van der Waals surface area contributed by atoms with Crippen molar-refractivity contribution >= 4 is 22.9 Å². The molecule has 1 aromatic heterocycles. The topological polar surface area (TPSA) is 55.0 Å². The number of benzene rings is 1. The molecule has 0 aliphatic rings. The monoisotopic (exact) mass is 202 g/mol. The summed E-state index contributed by atoms with van der Waals surface area (Å²) in [6.07, 6.45) is 4.84. The first-order valence-corrected chi connectivity index (χ1v) is 4.49. The van der Waals surface area contributed by atoms with Crippen LogP contribution in [0.4, 0.5) is 0 Å². The molecule has 0 saturated heterocycles. The fourth-order valence-electron chi connectivity index (χ4n) is 1.30. The predicted octanol–water partition coefficient (Wildman–Crippen LogP) is 1.75. The third kappa shape index (κ3) is 2.04. The lowest BCUT2D eigenvalue weighted by Crippen LogP contribution is -1.93. The van der Waals surface area contributed by atoms with E-state index in [1.54, 1.807) is 12.3 Å². The Labute approximate surface area is 86.6 Å². The van der Waals surface area contributed by atoms with Crippen LogP contribution in [0.25, 0.3) is 17.0 Å². The lowest BCUT2D eigenvalue weighted by Gasteiger charge is -1.93. The van der Waals surface area contributed by atoms with Crippen LogP contribution in [0.2, 0.25) is 0 Å². The number of H-pyrrole nitrogens is 1. The number of fused-ring (bicyclic) bond motifs is 1. The minimum Gasteiger partial charge on any atom is -0.466 e. The molecule has 0 amide bonds.